The molecule has 0 fully saturated rings. The van der Waals surface area contributed by atoms with Crippen LogP contribution in [0.25, 0.3) is 5.69 Å². The second-order valence-electron chi connectivity index (χ2n) is 6.90. The zero-order chi connectivity index (χ0) is 20.7. The summed E-state index contributed by atoms with van der Waals surface area (Å²) in [6, 6.07) is 10.1. The van der Waals surface area contributed by atoms with Gasteiger partial charge in [0.2, 0.25) is 0 Å². The molecular weight excluding hydrogens is 412 g/mol. The molecule has 4 rings (SSSR count). The topological polar surface area (TPSA) is 90.1 Å². The van der Waals surface area contributed by atoms with Crippen LogP contribution in [-0.2, 0) is 11.5 Å². The van der Waals surface area contributed by atoms with Gasteiger partial charge in [0.15, 0.2) is 0 Å². The zero-order valence-corrected chi connectivity index (χ0v) is 17.3. The normalized spacial score (nSPS) is 12.7. The van der Waals surface area contributed by atoms with Gasteiger partial charge in [-0.3, -0.25) is 14.9 Å². The standard InChI is InChI=1S/C20H17ClN4O3S/c1-11-5-12(2)7-14(6-11)24-19(15-9-29-10-17(15)23-24)22-20(26)13-3-4-16(21)18(8-13)25(27)28/h3-8H,9-10H2,1-2H3,(H,22,26). The van der Waals surface area contributed by atoms with Crippen LogP contribution in [0.4, 0.5) is 11.5 Å². The van der Waals surface area contributed by atoms with Gasteiger partial charge in [-0.25, -0.2) is 4.68 Å². The van der Waals surface area contributed by atoms with Crippen molar-refractivity contribution in [2.75, 3.05) is 5.32 Å². The third-order valence-electron chi connectivity index (χ3n) is 4.64. The molecule has 0 saturated heterocycles. The number of halogens is 1. The van der Waals surface area contributed by atoms with Gasteiger partial charge in [0.25, 0.3) is 11.6 Å². The fourth-order valence-corrected chi connectivity index (χ4v) is 4.60. The first kappa shape index (κ1) is 19.5. The number of fused-ring (bicyclic) bond motifs is 1. The van der Waals surface area contributed by atoms with Gasteiger partial charge in [0.1, 0.15) is 10.8 Å². The molecule has 1 aliphatic heterocycles. The second kappa shape index (κ2) is 7.53. The van der Waals surface area contributed by atoms with Crippen LogP contribution in [0.3, 0.4) is 0 Å². The average Bonchev–Trinajstić information content (AvgIpc) is 3.23. The molecule has 0 bridgehead atoms. The minimum absolute atomic E-state index is 0.0101. The van der Waals surface area contributed by atoms with E-state index in [1.54, 1.807) is 16.4 Å². The number of rotatable bonds is 4. The van der Waals surface area contributed by atoms with E-state index in [1.807, 2.05) is 26.0 Å². The average molecular weight is 429 g/mol. The first-order valence-corrected chi connectivity index (χ1v) is 10.4. The van der Waals surface area contributed by atoms with Crippen molar-refractivity contribution in [2.24, 2.45) is 0 Å². The smallest absolute Gasteiger partial charge is 0.288 e. The quantitative estimate of drug-likeness (QED) is 0.464. The number of nitrogens with zero attached hydrogens (tertiary/aromatic N) is 3. The molecule has 2 heterocycles. The monoisotopic (exact) mass is 428 g/mol. The van der Waals surface area contributed by atoms with Crippen LogP contribution in [-0.4, -0.2) is 20.6 Å². The van der Waals surface area contributed by atoms with Crippen LogP contribution in [0.15, 0.2) is 36.4 Å². The number of thioether (sulfide) groups is 1. The van der Waals surface area contributed by atoms with Crippen LogP contribution in [0.1, 0.15) is 32.7 Å². The molecule has 2 aromatic carbocycles. The van der Waals surface area contributed by atoms with Gasteiger partial charge in [-0.2, -0.15) is 16.9 Å². The number of amides is 1. The minimum Gasteiger partial charge on any atom is -0.306 e. The van der Waals surface area contributed by atoms with E-state index in [1.165, 1.54) is 18.2 Å². The Bertz CT molecular complexity index is 1140. The molecule has 0 atom stereocenters. The number of hydrogen-bond acceptors (Lipinski definition) is 5. The lowest BCUT2D eigenvalue weighted by molar-refractivity contribution is -0.384. The van der Waals surface area contributed by atoms with Crippen LogP contribution < -0.4 is 5.32 Å². The molecule has 9 heteroatoms. The summed E-state index contributed by atoms with van der Waals surface area (Å²) in [4.78, 5) is 23.4. The van der Waals surface area contributed by atoms with Crippen molar-refractivity contribution in [1.82, 2.24) is 9.78 Å². The Labute approximate surface area is 176 Å². The van der Waals surface area contributed by atoms with Crippen molar-refractivity contribution in [3.05, 3.63) is 79.5 Å². The molecule has 29 heavy (non-hydrogen) atoms. The van der Waals surface area contributed by atoms with Crippen molar-refractivity contribution in [2.45, 2.75) is 25.4 Å². The SMILES string of the molecule is Cc1cc(C)cc(-n2nc3c(c2NC(=O)c2ccc(Cl)c([N+](=O)[O-])c2)CSC3)c1. The summed E-state index contributed by atoms with van der Waals surface area (Å²) in [7, 11) is 0. The van der Waals surface area contributed by atoms with Gasteiger partial charge >= 0.3 is 0 Å². The lowest BCUT2D eigenvalue weighted by atomic mass is 10.1. The first-order valence-electron chi connectivity index (χ1n) is 8.86. The highest BCUT2D eigenvalue weighted by molar-refractivity contribution is 7.98. The Morgan fingerprint density at radius 2 is 1.93 bits per heavy atom. The molecule has 0 unspecified atom stereocenters. The van der Waals surface area contributed by atoms with Crippen LogP contribution in [0, 0.1) is 24.0 Å². The van der Waals surface area contributed by atoms with Crippen molar-refractivity contribution >= 4 is 40.8 Å². The predicted octanol–water partition coefficient (Wildman–Crippen LogP) is 5.05. The van der Waals surface area contributed by atoms with Crippen molar-refractivity contribution in [1.29, 1.82) is 0 Å². The van der Waals surface area contributed by atoms with Gasteiger partial charge in [0, 0.05) is 28.7 Å². The van der Waals surface area contributed by atoms with E-state index < -0.39 is 10.8 Å². The number of nitro benzene ring substituents is 1. The highest BCUT2D eigenvalue weighted by atomic mass is 35.5. The predicted molar refractivity (Wildman–Crippen MR) is 114 cm³/mol. The van der Waals surface area contributed by atoms with Gasteiger partial charge in [-0.1, -0.05) is 17.7 Å². The molecule has 0 radical (unpaired) electrons. The Kier molecular flexibility index (Phi) is 5.06. The summed E-state index contributed by atoms with van der Waals surface area (Å²) in [5.41, 5.74) is 4.82. The van der Waals surface area contributed by atoms with Crippen LogP contribution in [0.5, 0.6) is 0 Å². The van der Waals surface area contributed by atoms with Crippen LogP contribution >= 0.6 is 23.4 Å². The number of aryl methyl sites for hydroxylation is 2. The number of nitro groups is 1. The number of carbonyl (C=O) groups excluding carboxylic acids is 1. The number of benzene rings is 2. The molecule has 148 valence electrons. The fraction of sp³-hybridized carbons (Fsp3) is 0.200. The van der Waals surface area contributed by atoms with Crippen molar-refractivity contribution in [3.63, 3.8) is 0 Å². The fourth-order valence-electron chi connectivity index (χ4n) is 3.37. The minimum atomic E-state index is -0.604. The Morgan fingerprint density at radius 1 is 1.21 bits per heavy atom. The van der Waals surface area contributed by atoms with Crippen molar-refractivity contribution < 1.29 is 9.72 Å². The van der Waals surface area contributed by atoms with Crippen LogP contribution in [0.2, 0.25) is 5.02 Å². The van der Waals surface area contributed by atoms with Gasteiger partial charge < -0.3 is 5.32 Å². The number of aromatic nitrogens is 2. The number of anilines is 1. The molecule has 1 N–H and O–H groups in total. The van der Waals surface area contributed by atoms with Crippen molar-refractivity contribution in [3.8, 4) is 5.69 Å². The zero-order valence-electron chi connectivity index (χ0n) is 15.7. The summed E-state index contributed by atoms with van der Waals surface area (Å²) in [6.07, 6.45) is 0. The van der Waals surface area contributed by atoms with Gasteiger partial charge in [-0.15, -0.1) is 0 Å². The summed E-state index contributed by atoms with van der Waals surface area (Å²) >= 11 is 7.59. The Morgan fingerprint density at radius 3 is 2.62 bits per heavy atom. The molecule has 0 aliphatic carbocycles. The molecule has 3 aromatic rings. The maximum Gasteiger partial charge on any atom is 0.288 e. The second-order valence-corrected chi connectivity index (χ2v) is 8.29. The lowest BCUT2D eigenvalue weighted by Crippen LogP contribution is -2.16. The van der Waals surface area contributed by atoms with E-state index in [2.05, 4.69) is 11.4 Å². The van der Waals surface area contributed by atoms with Gasteiger partial charge in [0.05, 0.1) is 16.3 Å². The molecule has 0 spiro atoms. The molecule has 0 saturated carbocycles. The summed E-state index contributed by atoms with van der Waals surface area (Å²) in [6.45, 7) is 4.02. The van der Waals surface area contributed by atoms with E-state index in [0.29, 0.717) is 5.82 Å². The summed E-state index contributed by atoms with van der Waals surface area (Å²) in [5, 5.41) is 18.7. The van der Waals surface area contributed by atoms with E-state index in [4.69, 9.17) is 16.7 Å². The Hall–Kier alpha value is -2.84. The number of hydrogen-bond donors (Lipinski definition) is 1. The highest BCUT2D eigenvalue weighted by Crippen LogP contribution is 2.36. The van der Waals surface area contributed by atoms with Gasteiger partial charge in [-0.05, 0) is 49.2 Å². The van der Waals surface area contributed by atoms with E-state index in [9.17, 15) is 14.9 Å². The molecule has 7 nitrogen and oxygen atoms in total. The summed E-state index contributed by atoms with van der Waals surface area (Å²) in [5.74, 6) is 1.67. The number of carbonyl (C=O) groups is 1. The van der Waals surface area contributed by atoms with E-state index in [-0.39, 0.29) is 16.3 Å². The maximum absolute atomic E-state index is 12.9. The highest BCUT2D eigenvalue weighted by Gasteiger charge is 2.26. The third kappa shape index (κ3) is 3.73. The third-order valence-corrected chi connectivity index (χ3v) is 5.93. The van der Waals surface area contributed by atoms with E-state index >= 15 is 0 Å². The molecule has 1 aliphatic rings. The summed E-state index contributed by atoms with van der Waals surface area (Å²) < 4.78 is 1.74. The largest absolute Gasteiger partial charge is 0.306 e. The molecular formula is C20H17ClN4O3S. The van der Waals surface area contributed by atoms with E-state index in [0.717, 1.165) is 39.6 Å². The molecule has 1 aromatic heterocycles. The lowest BCUT2D eigenvalue weighted by Gasteiger charge is -2.12. The first-order chi connectivity index (χ1) is 13.8. The Balaban J connectivity index is 1.75. The maximum atomic E-state index is 12.9. The number of nitrogens with one attached hydrogen (secondary N) is 1. The molecule has 1 amide bonds.